The van der Waals surface area contributed by atoms with Gasteiger partial charge in [-0.05, 0) is 38.6 Å². The second-order valence-electron chi connectivity index (χ2n) is 5.89. The molecule has 0 saturated carbocycles. The second-order valence-corrected chi connectivity index (χ2v) is 5.89. The van der Waals surface area contributed by atoms with Crippen LogP contribution in [-0.4, -0.2) is 13.6 Å². The fourth-order valence-corrected chi connectivity index (χ4v) is 2.78. The molecule has 1 nitrogen and oxygen atoms in total. The topological polar surface area (TPSA) is 12.0 Å². The average Bonchev–Trinajstić information content (AvgIpc) is 2.41. The van der Waals surface area contributed by atoms with Gasteiger partial charge in [0.05, 0.1) is 0 Å². The van der Waals surface area contributed by atoms with Crippen molar-refractivity contribution in [3.05, 3.63) is 36.0 Å². The van der Waals surface area contributed by atoms with Crippen LogP contribution in [0.15, 0.2) is 36.0 Å². The molecule has 0 spiro atoms. The number of allylic oxidation sites excluding steroid dienone is 4. The standard InChI is InChI=1S/C18H33N/c1-8-13-18(6,10-3)17(14-19-7)16(5)12-11-15(4)9-2/h9,11-12,17,19H,2,8,10,13-14H2,1,3-7H3/b15-11-,16-12+. The molecule has 1 heteroatoms. The third-order valence-electron chi connectivity index (χ3n) is 4.36. The van der Waals surface area contributed by atoms with Crippen LogP contribution in [0.5, 0.6) is 0 Å². The molecule has 0 aliphatic heterocycles. The van der Waals surface area contributed by atoms with Gasteiger partial charge in [0.1, 0.15) is 0 Å². The molecule has 2 unspecified atom stereocenters. The SMILES string of the molecule is C=C/C(C)=C\C=C(/C)C(CNC)C(C)(CC)CCC. The molecule has 0 heterocycles. The van der Waals surface area contributed by atoms with Crippen LogP contribution in [0.1, 0.15) is 53.9 Å². The minimum absolute atomic E-state index is 0.383. The Morgan fingerprint density at radius 2 is 1.89 bits per heavy atom. The molecule has 110 valence electrons. The van der Waals surface area contributed by atoms with Gasteiger partial charge in [-0.3, -0.25) is 0 Å². The molecular formula is C18H33N. The molecule has 0 fully saturated rings. The molecule has 0 aromatic rings. The summed E-state index contributed by atoms with van der Waals surface area (Å²) in [5, 5.41) is 3.37. The van der Waals surface area contributed by atoms with Crippen molar-refractivity contribution in [2.45, 2.75) is 53.9 Å². The quantitative estimate of drug-likeness (QED) is 0.569. The van der Waals surface area contributed by atoms with Crippen molar-refractivity contribution < 1.29 is 0 Å². The lowest BCUT2D eigenvalue weighted by molar-refractivity contribution is 0.185. The summed E-state index contributed by atoms with van der Waals surface area (Å²) >= 11 is 0. The molecule has 1 N–H and O–H groups in total. The zero-order chi connectivity index (χ0) is 14.9. The van der Waals surface area contributed by atoms with E-state index < -0.39 is 0 Å². The van der Waals surface area contributed by atoms with Crippen molar-refractivity contribution in [2.24, 2.45) is 11.3 Å². The van der Waals surface area contributed by atoms with Gasteiger partial charge in [-0.25, -0.2) is 0 Å². The van der Waals surface area contributed by atoms with Crippen molar-refractivity contribution in [2.75, 3.05) is 13.6 Å². The van der Waals surface area contributed by atoms with E-state index in [-0.39, 0.29) is 0 Å². The Morgan fingerprint density at radius 3 is 2.32 bits per heavy atom. The number of hydrogen-bond acceptors (Lipinski definition) is 1. The summed E-state index contributed by atoms with van der Waals surface area (Å²) in [6.07, 6.45) is 10.1. The zero-order valence-electron chi connectivity index (χ0n) is 13.8. The minimum atomic E-state index is 0.383. The second kappa shape index (κ2) is 9.14. The van der Waals surface area contributed by atoms with Gasteiger partial charge in [0, 0.05) is 6.54 Å². The van der Waals surface area contributed by atoms with E-state index in [0.29, 0.717) is 11.3 Å². The first-order chi connectivity index (χ1) is 8.95. The van der Waals surface area contributed by atoms with E-state index in [2.05, 4.69) is 58.7 Å². The molecule has 0 aromatic carbocycles. The maximum absolute atomic E-state index is 3.80. The van der Waals surface area contributed by atoms with Crippen LogP contribution in [0, 0.1) is 11.3 Å². The highest BCUT2D eigenvalue weighted by molar-refractivity contribution is 5.24. The van der Waals surface area contributed by atoms with E-state index in [0.717, 1.165) is 6.54 Å². The van der Waals surface area contributed by atoms with E-state index in [1.54, 1.807) is 0 Å². The molecule has 2 atom stereocenters. The normalized spacial score (nSPS) is 18.0. The van der Waals surface area contributed by atoms with Gasteiger partial charge in [0.25, 0.3) is 0 Å². The molecule has 0 aromatic heterocycles. The first-order valence-electron chi connectivity index (χ1n) is 7.57. The summed E-state index contributed by atoms with van der Waals surface area (Å²) in [6, 6.07) is 0. The Morgan fingerprint density at radius 1 is 1.26 bits per heavy atom. The van der Waals surface area contributed by atoms with Gasteiger partial charge in [-0.2, -0.15) is 0 Å². The van der Waals surface area contributed by atoms with Crippen molar-refractivity contribution in [3.63, 3.8) is 0 Å². The summed E-state index contributed by atoms with van der Waals surface area (Å²) in [6.45, 7) is 16.2. The largest absolute Gasteiger partial charge is 0.319 e. The predicted octanol–water partition coefficient (Wildman–Crippen LogP) is 5.12. The number of nitrogens with one attached hydrogen (secondary N) is 1. The van der Waals surface area contributed by atoms with Crippen LogP contribution in [0.4, 0.5) is 0 Å². The lowest BCUT2D eigenvalue weighted by Gasteiger charge is -2.38. The molecule has 0 saturated heterocycles. The fourth-order valence-electron chi connectivity index (χ4n) is 2.78. The smallest absolute Gasteiger partial charge is 0.00191 e. The van der Waals surface area contributed by atoms with E-state index in [9.17, 15) is 0 Å². The van der Waals surface area contributed by atoms with Gasteiger partial charge in [0.2, 0.25) is 0 Å². The fraction of sp³-hybridized carbons (Fsp3) is 0.667. The van der Waals surface area contributed by atoms with Gasteiger partial charge >= 0.3 is 0 Å². The Hall–Kier alpha value is -0.820. The molecule has 0 aliphatic rings. The van der Waals surface area contributed by atoms with Crippen molar-refractivity contribution in [1.29, 1.82) is 0 Å². The molecule has 0 bridgehead atoms. The molecule has 0 rings (SSSR count). The monoisotopic (exact) mass is 263 g/mol. The van der Waals surface area contributed by atoms with Crippen LogP contribution in [-0.2, 0) is 0 Å². The van der Waals surface area contributed by atoms with Crippen LogP contribution in [0.25, 0.3) is 0 Å². The number of hydrogen-bond donors (Lipinski definition) is 1. The third kappa shape index (κ3) is 5.78. The van der Waals surface area contributed by atoms with Crippen LogP contribution in [0.2, 0.25) is 0 Å². The maximum atomic E-state index is 3.80. The van der Waals surface area contributed by atoms with Crippen molar-refractivity contribution in [1.82, 2.24) is 5.32 Å². The summed E-state index contributed by atoms with van der Waals surface area (Å²) in [4.78, 5) is 0. The van der Waals surface area contributed by atoms with Crippen LogP contribution in [0.3, 0.4) is 0 Å². The van der Waals surface area contributed by atoms with Gasteiger partial charge < -0.3 is 5.32 Å². The Kier molecular flexibility index (Phi) is 8.75. The Labute approximate surface area is 120 Å². The minimum Gasteiger partial charge on any atom is -0.319 e. The van der Waals surface area contributed by atoms with Crippen molar-refractivity contribution in [3.8, 4) is 0 Å². The molecular weight excluding hydrogens is 230 g/mol. The summed E-state index contributed by atoms with van der Waals surface area (Å²) < 4.78 is 0. The Bertz CT molecular complexity index is 325. The van der Waals surface area contributed by atoms with Crippen LogP contribution < -0.4 is 5.32 Å². The van der Waals surface area contributed by atoms with Gasteiger partial charge in [-0.1, -0.05) is 69.6 Å². The lowest BCUT2D eigenvalue weighted by atomic mass is 9.69. The highest BCUT2D eigenvalue weighted by Crippen LogP contribution is 2.39. The van der Waals surface area contributed by atoms with E-state index in [1.165, 1.54) is 30.4 Å². The maximum Gasteiger partial charge on any atom is 0.00191 e. The highest BCUT2D eigenvalue weighted by atomic mass is 14.8. The predicted molar refractivity (Wildman–Crippen MR) is 88.4 cm³/mol. The first-order valence-corrected chi connectivity index (χ1v) is 7.57. The first kappa shape index (κ1) is 18.2. The number of rotatable bonds is 9. The Balaban J connectivity index is 5.23. The molecule has 0 radical (unpaired) electrons. The van der Waals surface area contributed by atoms with E-state index in [1.807, 2.05) is 13.1 Å². The molecule has 19 heavy (non-hydrogen) atoms. The molecule has 0 amide bonds. The van der Waals surface area contributed by atoms with E-state index in [4.69, 9.17) is 0 Å². The van der Waals surface area contributed by atoms with Gasteiger partial charge in [-0.15, -0.1) is 0 Å². The highest BCUT2D eigenvalue weighted by Gasteiger charge is 2.31. The van der Waals surface area contributed by atoms with Crippen LogP contribution >= 0.6 is 0 Å². The summed E-state index contributed by atoms with van der Waals surface area (Å²) in [7, 11) is 2.05. The third-order valence-corrected chi connectivity index (χ3v) is 4.36. The summed E-state index contributed by atoms with van der Waals surface area (Å²) in [5.41, 5.74) is 3.07. The zero-order valence-corrected chi connectivity index (χ0v) is 13.8. The lowest BCUT2D eigenvalue weighted by Crippen LogP contribution is -2.35. The van der Waals surface area contributed by atoms with Crippen molar-refractivity contribution >= 4 is 0 Å². The van der Waals surface area contributed by atoms with E-state index >= 15 is 0 Å². The van der Waals surface area contributed by atoms with Gasteiger partial charge in [0.15, 0.2) is 0 Å². The average molecular weight is 263 g/mol. The summed E-state index contributed by atoms with van der Waals surface area (Å²) in [5.74, 6) is 0.594. The molecule has 0 aliphatic carbocycles.